The minimum absolute atomic E-state index is 0.0133. The molecule has 2 heterocycles. The summed E-state index contributed by atoms with van der Waals surface area (Å²) in [7, 11) is 0. The van der Waals surface area contributed by atoms with E-state index in [9.17, 15) is 14.7 Å². The molecule has 2 aromatic carbocycles. The molecule has 0 aromatic heterocycles. The number of carboxylic acids is 1. The number of carbonyl (C=O) groups is 2. The van der Waals surface area contributed by atoms with E-state index in [1.165, 1.54) is 12.1 Å². The van der Waals surface area contributed by atoms with Gasteiger partial charge in [0.05, 0.1) is 5.56 Å². The van der Waals surface area contributed by atoms with Crippen LogP contribution in [0.4, 0.5) is 0 Å². The van der Waals surface area contributed by atoms with Gasteiger partial charge in [-0.05, 0) is 50.6 Å². The number of carboxylic acid groups (broad SMARTS) is 1. The average molecular weight is 367 g/mol. The van der Waals surface area contributed by atoms with Gasteiger partial charge in [0.15, 0.2) is 0 Å². The van der Waals surface area contributed by atoms with Crippen molar-refractivity contribution in [2.45, 2.75) is 32.3 Å². The second-order valence-electron chi connectivity index (χ2n) is 7.57. The van der Waals surface area contributed by atoms with Crippen LogP contribution in [0.3, 0.4) is 0 Å². The highest BCUT2D eigenvalue weighted by molar-refractivity contribution is 5.95. The number of aromatic carboxylic acids is 1. The van der Waals surface area contributed by atoms with E-state index >= 15 is 0 Å². The first-order valence-corrected chi connectivity index (χ1v) is 8.99. The highest BCUT2D eigenvalue weighted by atomic mass is 16.5. The van der Waals surface area contributed by atoms with Gasteiger partial charge < -0.3 is 19.5 Å². The third-order valence-corrected chi connectivity index (χ3v) is 4.86. The molecule has 1 amide bonds. The molecule has 6 heteroatoms. The number of likely N-dealkylation sites (tertiary alicyclic amines) is 1. The van der Waals surface area contributed by atoms with Gasteiger partial charge in [0.25, 0.3) is 5.91 Å². The molecular formula is C21H21NO5. The number of benzene rings is 2. The van der Waals surface area contributed by atoms with Gasteiger partial charge in [-0.25, -0.2) is 4.79 Å². The molecule has 1 N–H and O–H groups in total. The Balaban J connectivity index is 1.67. The number of rotatable bonds is 4. The molecule has 27 heavy (non-hydrogen) atoms. The molecule has 0 radical (unpaired) electrons. The fourth-order valence-electron chi connectivity index (χ4n) is 3.38. The summed E-state index contributed by atoms with van der Waals surface area (Å²) >= 11 is 0. The van der Waals surface area contributed by atoms with Crippen LogP contribution in [0, 0.1) is 0 Å². The van der Waals surface area contributed by atoms with E-state index in [-0.39, 0.29) is 11.5 Å². The van der Waals surface area contributed by atoms with Crippen molar-refractivity contribution in [3.8, 4) is 17.2 Å². The van der Waals surface area contributed by atoms with Gasteiger partial charge in [-0.3, -0.25) is 4.79 Å². The van der Waals surface area contributed by atoms with Gasteiger partial charge in [-0.2, -0.15) is 0 Å². The number of hydrogen-bond acceptors (Lipinski definition) is 4. The molecule has 4 rings (SSSR count). The summed E-state index contributed by atoms with van der Waals surface area (Å²) in [5, 5.41) is 9.39. The summed E-state index contributed by atoms with van der Waals surface area (Å²) in [4.78, 5) is 25.7. The van der Waals surface area contributed by atoms with Crippen LogP contribution >= 0.6 is 0 Å². The Morgan fingerprint density at radius 3 is 2.59 bits per heavy atom. The monoisotopic (exact) mass is 367 g/mol. The maximum Gasteiger partial charge on any atom is 0.335 e. The maximum absolute atomic E-state index is 12.4. The van der Waals surface area contributed by atoms with Crippen LogP contribution in [0.25, 0.3) is 0 Å². The van der Waals surface area contributed by atoms with Crippen molar-refractivity contribution in [3.05, 3.63) is 53.1 Å². The molecule has 2 aliphatic rings. The highest BCUT2D eigenvalue weighted by Crippen LogP contribution is 2.43. The van der Waals surface area contributed by atoms with Crippen molar-refractivity contribution >= 4 is 11.9 Å². The SMILES string of the molecule is CC1(C)Cc2c(Oc3cccc(C(=O)N4CCC4)c3)cc(C(=O)O)cc2O1. The molecule has 0 atom stereocenters. The molecule has 0 saturated carbocycles. The number of carbonyl (C=O) groups excluding carboxylic acids is 1. The Morgan fingerprint density at radius 1 is 1.15 bits per heavy atom. The standard InChI is InChI=1S/C21H21NO5/c1-21(2)12-16-17(10-14(20(24)25)11-18(16)27-21)26-15-6-3-5-13(9-15)19(23)22-7-4-8-22/h3,5-6,9-11H,4,7-8,12H2,1-2H3,(H,24,25). The first-order chi connectivity index (χ1) is 12.8. The minimum Gasteiger partial charge on any atom is -0.487 e. The summed E-state index contributed by atoms with van der Waals surface area (Å²) in [6.45, 7) is 5.46. The fraction of sp³-hybridized carbons (Fsp3) is 0.333. The Hall–Kier alpha value is -3.02. The predicted molar refractivity (Wildman–Crippen MR) is 98.8 cm³/mol. The lowest BCUT2D eigenvalue weighted by molar-refractivity contribution is 0.0650. The van der Waals surface area contributed by atoms with Crippen molar-refractivity contribution in [3.63, 3.8) is 0 Å². The van der Waals surface area contributed by atoms with Crippen molar-refractivity contribution < 1.29 is 24.2 Å². The summed E-state index contributed by atoms with van der Waals surface area (Å²) in [6, 6.07) is 10.0. The Kier molecular flexibility index (Phi) is 4.06. The van der Waals surface area contributed by atoms with Crippen LogP contribution in [0.1, 0.15) is 46.5 Å². The molecule has 2 aromatic rings. The molecule has 0 spiro atoms. The van der Waals surface area contributed by atoms with Crippen LogP contribution in [-0.2, 0) is 6.42 Å². The lowest BCUT2D eigenvalue weighted by atomic mass is 10.00. The smallest absolute Gasteiger partial charge is 0.335 e. The number of nitrogens with zero attached hydrogens (tertiary/aromatic N) is 1. The number of hydrogen-bond donors (Lipinski definition) is 1. The molecular weight excluding hydrogens is 346 g/mol. The van der Waals surface area contributed by atoms with Gasteiger partial charge in [0.2, 0.25) is 0 Å². The first-order valence-electron chi connectivity index (χ1n) is 8.99. The molecule has 6 nitrogen and oxygen atoms in total. The van der Waals surface area contributed by atoms with Crippen molar-refractivity contribution in [2.75, 3.05) is 13.1 Å². The van der Waals surface area contributed by atoms with Gasteiger partial charge in [0.1, 0.15) is 22.8 Å². The molecule has 0 bridgehead atoms. The van der Waals surface area contributed by atoms with Crippen LogP contribution in [0.15, 0.2) is 36.4 Å². The second kappa shape index (κ2) is 6.30. The van der Waals surface area contributed by atoms with Gasteiger partial charge in [-0.1, -0.05) is 6.07 Å². The topological polar surface area (TPSA) is 76.1 Å². The van der Waals surface area contributed by atoms with Gasteiger partial charge in [-0.15, -0.1) is 0 Å². The third-order valence-electron chi connectivity index (χ3n) is 4.86. The zero-order valence-electron chi connectivity index (χ0n) is 15.3. The Morgan fingerprint density at radius 2 is 1.93 bits per heavy atom. The van der Waals surface area contributed by atoms with E-state index < -0.39 is 11.6 Å². The molecule has 1 saturated heterocycles. The van der Waals surface area contributed by atoms with Crippen LogP contribution in [-0.4, -0.2) is 40.6 Å². The minimum atomic E-state index is -1.04. The summed E-state index contributed by atoms with van der Waals surface area (Å²) in [5.74, 6) is 0.418. The lowest BCUT2D eigenvalue weighted by Gasteiger charge is -2.30. The average Bonchev–Trinajstić information content (AvgIpc) is 2.87. The van der Waals surface area contributed by atoms with E-state index in [0.717, 1.165) is 25.1 Å². The number of fused-ring (bicyclic) bond motifs is 1. The summed E-state index contributed by atoms with van der Waals surface area (Å²) in [6.07, 6.45) is 1.65. The van der Waals surface area contributed by atoms with E-state index in [2.05, 4.69) is 0 Å². The number of ether oxygens (including phenoxy) is 2. The Labute approximate surface area is 157 Å². The lowest BCUT2D eigenvalue weighted by Crippen LogP contribution is -2.41. The van der Waals surface area contributed by atoms with Gasteiger partial charge >= 0.3 is 5.97 Å². The third kappa shape index (κ3) is 3.35. The fourth-order valence-corrected chi connectivity index (χ4v) is 3.38. The second-order valence-corrected chi connectivity index (χ2v) is 7.57. The van der Waals surface area contributed by atoms with E-state index in [4.69, 9.17) is 9.47 Å². The summed E-state index contributed by atoms with van der Waals surface area (Å²) < 4.78 is 11.9. The molecule has 2 aliphatic heterocycles. The van der Waals surface area contributed by atoms with Crippen molar-refractivity contribution in [2.24, 2.45) is 0 Å². The zero-order valence-corrected chi connectivity index (χ0v) is 15.3. The molecule has 1 fully saturated rings. The van der Waals surface area contributed by atoms with Crippen LogP contribution in [0.5, 0.6) is 17.2 Å². The molecule has 140 valence electrons. The first kappa shape index (κ1) is 17.4. The molecule has 0 unspecified atom stereocenters. The Bertz CT molecular complexity index is 930. The maximum atomic E-state index is 12.4. The van der Waals surface area contributed by atoms with E-state index in [1.54, 1.807) is 29.2 Å². The zero-order chi connectivity index (χ0) is 19.2. The highest BCUT2D eigenvalue weighted by Gasteiger charge is 2.34. The van der Waals surface area contributed by atoms with E-state index in [1.807, 2.05) is 13.8 Å². The van der Waals surface area contributed by atoms with E-state index in [0.29, 0.717) is 29.2 Å². The van der Waals surface area contributed by atoms with Crippen molar-refractivity contribution in [1.29, 1.82) is 0 Å². The van der Waals surface area contributed by atoms with Gasteiger partial charge in [0, 0.05) is 30.6 Å². The van der Waals surface area contributed by atoms with Crippen LogP contribution in [0.2, 0.25) is 0 Å². The largest absolute Gasteiger partial charge is 0.487 e. The normalized spacial score (nSPS) is 16.9. The number of amides is 1. The van der Waals surface area contributed by atoms with Crippen LogP contribution < -0.4 is 9.47 Å². The summed E-state index contributed by atoms with van der Waals surface area (Å²) in [5.41, 5.74) is 1.08. The predicted octanol–water partition coefficient (Wildman–Crippen LogP) is 3.74. The molecule has 0 aliphatic carbocycles. The quantitative estimate of drug-likeness (QED) is 0.891. The van der Waals surface area contributed by atoms with Crippen molar-refractivity contribution in [1.82, 2.24) is 4.90 Å².